The van der Waals surface area contributed by atoms with E-state index in [2.05, 4.69) is 9.88 Å². The Morgan fingerprint density at radius 2 is 1.64 bits per heavy atom. The number of rotatable bonds is 8. The van der Waals surface area contributed by atoms with E-state index in [1.165, 1.54) is 28.3 Å². The minimum atomic E-state index is -5.24. The number of fused-ring (bicyclic) bond motifs is 6. The van der Waals surface area contributed by atoms with Gasteiger partial charge >= 0.3 is 36.2 Å². The number of quaternary nitrogens is 1. The van der Waals surface area contributed by atoms with Gasteiger partial charge in [0.2, 0.25) is 5.60 Å². The van der Waals surface area contributed by atoms with Crippen LogP contribution in [0.1, 0.15) is 68.8 Å². The molecule has 0 radical (unpaired) electrons. The molecule has 0 amide bonds. The van der Waals surface area contributed by atoms with Crippen LogP contribution in [-0.2, 0) is 60.3 Å². The van der Waals surface area contributed by atoms with Gasteiger partial charge < -0.3 is 43.8 Å². The number of anilines is 1. The van der Waals surface area contributed by atoms with Gasteiger partial charge in [-0.05, 0) is 61.1 Å². The maximum Gasteiger partial charge on any atom is 0.497 e. The zero-order valence-electron chi connectivity index (χ0n) is 40.6. The third kappa shape index (κ3) is 7.72. The Kier molecular flexibility index (Phi) is 13.1. The number of hydroxylamine groups is 3. The fourth-order valence-corrected chi connectivity index (χ4v) is 13.6. The highest BCUT2D eigenvalue weighted by molar-refractivity contribution is 5.95. The van der Waals surface area contributed by atoms with E-state index in [0.29, 0.717) is 60.4 Å². The van der Waals surface area contributed by atoms with Gasteiger partial charge in [0, 0.05) is 83.6 Å². The summed E-state index contributed by atoms with van der Waals surface area (Å²) in [6.45, 7) is 6.18. The second-order valence-electron chi connectivity index (χ2n) is 19.5. The summed E-state index contributed by atoms with van der Waals surface area (Å²) in [7, 11) is 5.76. The van der Waals surface area contributed by atoms with E-state index in [4.69, 9.17) is 33.7 Å². The van der Waals surface area contributed by atoms with Gasteiger partial charge in [-0.1, -0.05) is 50.3 Å². The van der Waals surface area contributed by atoms with Crippen molar-refractivity contribution >= 4 is 46.4 Å². The van der Waals surface area contributed by atoms with Gasteiger partial charge in [0.15, 0.2) is 6.10 Å². The number of benzene rings is 2. The third-order valence-corrected chi connectivity index (χ3v) is 16.0. The van der Waals surface area contributed by atoms with E-state index in [1.54, 1.807) is 7.05 Å². The summed E-state index contributed by atoms with van der Waals surface area (Å²) in [5, 5.41) is 22.9. The minimum absolute atomic E-state index is 0.0155. The number of esters is 3. The second kappa shape index (κ2) is 18.1. The van der Waals surface area contributed by atoms with Crippen LogP contribution in [0.15, 0.2) is 60.2 Å². The fraction of sp³-hybridized carbons (Fsp3) is 0.540. The van der Waals surface area contributed by atoms with E-state index >= 15 is 4.79 Å². The van der Waals surface area contributed by atoms with Crippen LogP contribution in [0.4, 0.5) is 32.0 Å². The minimum Gasteiger partial charge on any atom is -0.542 e. The zero-order chi connectivity index (χ0) is 52.7. The average Bonchev–Trinajstić information content (AvgIpc) is 4.00. The molecule has 390 valence electrons. The lowest BCUT2D eigenvalue weighted by Gasteiger charge is -2.63. The maximum atomic E-state index is 15.4. The van der Waals surface area contributed by atoms with Crippen molar-refractivity contribution < 1.29 is 89.0 Å². The van der Waals surface area contributed by atoms with Crippen LogP contribution in [0.5, 0.6) is 5.75 Å². The summed E-state index contributed by atoms with van der Waals surface area (Å²) in [6, 6.07) is 9.71. The average molecular weight is 1020 g/mol. The number of aliphatic carboxylic acids is 1. The number of carboxylic acids is 1. The van der Waals surface area contributed by atoms with Crippen LogP contribution in [0.3, 0.4) is 0 Å². The summed E-state index contributed by atoms with van der Waals surface area (Å²) in [6.07, 6.45) is -4.48. The molecule has 9 atom stereocenters. The number of nitrogens with one attached hydrogen (secondary N) is 1. The number of nitrogens with zero attached hydrogens (tertiary/aromatic N) is 3. The van der Waals surface area contributed by atoms with E-state index < -0.39 is 92.8 Å². The molecule has 2 fully saturated rings. The molecule has 2 N–H and O–H groups in total. The molecule has 22 heteroatoms. The summed E-state index contributed by atoms with van der Waals surface area (Å²) in [4.78, 5) is 77.8. The first kappa shape index (κ1) is 52.2. The molecule has 1 aromatic heterocycles. The molecule has 6 heterocycles. The number of alkyl halides is 6. The number of aromatic nitrogens is 1. The quantitative estimate of drug-likeness (QED) is 0.104. The van der Waals surface area contributed by atoms with Crippen molar-refractivity contribution in [1.29, 1.82) is 0 Å². The number of hydrogen-bond acceptors (Lipinski definition) is 14. The van der Waals surface area contributed by atoms with Gasteiger partial charge in [0.05, 0.1) is 27.4 Å². The van der Waals surface area contributed by atoms with Crippen molar-refractivity contribution in [3.8, 4) is 5.75 Å². The molecule has 1 aliphatic carbocycles. The molecule has 16 nitrogen and oxygen atoms in total. The molecule has 5 aliphatic heterocycles. The first-order valence-corrected chi connectivity index (χ1v) is 23.5. The summed E-state index contributed by atoms with van der Waals surface area (Å²) >= 11 is 0. The molecular formula is C50H56F6N4O12. The zero-order valence-corrected chi connectivity index (χ0v) is 40.6. The standard InChI is InChI=1S/C48H56F3N4O10.C2HF3O2/c1-8-28-21-29-24-46(41(57)62-6,37-31(30-13-10-11-14-34(30)52-37)15-20-55(25-28,26-29)65-43(59)48(49,50)51)33-22-32-35(23-36(33)61-5)53(4)39-45(32)17-19-54-18-12-16-44(9-2,38(45)54)40(64-27(3)56)47(39,60)42(58)63-7;3-2(4,5)1(6)7/h10-14,16,21-23,29,38-40,52,60H,8-9,15,17-20,24-26H2,1-7H3;(H,6,7)/q+1;/p-1/t29-,38-,39+,40+,44+,45+,46-,47-,55+;/m0./s1. The molecule has 0 unspecified atom stereocenters. The highest BCUT2D eigenvalue weighted by atomic mass is 19.4. The number of likely N-dealkylation sites (N-methyl/N-ethyl adjacent to an activating group) is 1. The second-order valence-corrected chi connectivity index (χ2v) is 19.5. The van der Waals surface area contributed by atoms with Crippen LogP contribution < -0.4 is 14.7 Å². The normalized spacial score (nSPS) is 31.4. The largest absolute Gasteiger partial charge is 0.542 e. The van der Waals surface area contributed by atoms with Crippen molar-refractivity contribution in [1.82, 2.24) is 9.88 Å². The number of H-pyrrole nitrogens is 1. The van der Waals surface area contributed by atoms with Gasteiger partial charge in [0.1, 0.15) is 36.8 Å². The topological polar surface area (TPSA) is 197 Å². The Labute approximate surface area is 410 Å². The number of para-hydroxylation sites is 1. The Balaban J connectivity index is 0.000000923. The van der Waals surface area contributed by atoms with Crippen LogP contribution in [0, 0.1) is 11.3 Å². The molecule has 1 saturated carbocycles. The van der Waals surface area contributed by atoms with Gasteiger partial charge in [-0.3, -0.25) is 19.3 Å². The van der Waals surface area contributed by atoms with E-state index in [1.807, 2.05) is 73.4 Å². The van der Waals surface area contributed by atoms with E-state index in [0.717, 1.165) is 16.5 Å². The van der Waals surface area contributed by atoms with E-state index in [-0.39, 0.29) is 38.2 Å². The van der Waals surface area contributed by atoms with Gasteiger partial charge in [0.25, 0.3) is 0 Å². The molecule has 1 spiro atoms. The van der Waals surface area contributed by atoms with Crippen LogP contribution in [0.25, 0.3) is 10.9 Å². The number of ether oxygens (including phenoxy) is 4. The van der Waals surface area contributed by atoms with Crippen molar-refractivity contribution in [3.63, 3.8) is 0 Å². The molecule has 3 aromatic rings. The lowest BCUT2D eigenvalue weighted by molar-refractivity contribution is -1.09. The monoisotopic (exact) mass is 1020 g/mol. The molecule has 2 bridgehead atoms. The highest BCUT2D eigenvalue weighted by Gasteiger charge is 2.80. The maximum absolute atomic E-state index is 15.4. The van der Waals surface area contributed by atoms with Crippen LogP contribution in [0.2, 0.25) is 0 Å². The number of carbonyl (C=O) groups is 5. The Bertz CT molecular complexity index is 2780. The lowest BCUT2D eigenvalue weighted by atomic mass is 9.47. The summed E-state index contributed by atoms with van der Waals surface area (Å²) in [5.74, 6) is -7.94. The van der Waals surface area contributed by atoms with Gasteiger partial charge in [-0.2, -0.15) is 26.3 Å². The predicted molar refractivity (Wildman–Crippen MR) is 241 cm³/mol. The summed E-state index contributed by atoms with van der Waals surface area (Å²) < 4.78 is 96.8. The van der Waals surface area contributed by atoms with E-state index in [9.17, 15) is 45.8 Å². The Morgan fingerprint density at radius 1 is 0.958 bits per heavy atom. The summed E-state index contributed by atoms with van der Waals surface area (Å²) in [5.41, 5.74) is -1.99. The van der Waals surface area contributed by atoms with Gasteiger partial charge in [-0.25, -0.2) is 9.59 Å². The number of hydrogen-bond donors (Lipinski definition) is 2. The first-order chi connectivity index (χ1) is 33.8. The third-order valence-electron chi connectivity index (χ3n) is 16.0. The SMILES string of the molecule is CCC1=C[C@H]2C[C@](C(=O)OC)(c3cc4c(cc3OC)N(C)[C@H]3[C@@](O)(C(=O)OC)[C@H](OC(C)=O)[C@]5(CC)C=CCN6CC[C@]43[C@@H]65)c3[nH]c4ccccc4c3CC[N@@+](OC(=O)C(F)(F)F)(C1)C2.O=C([O-])C(F)(F)F. The van der Waals surface area contributed by atoms with Gasteiger partial charge in [-0.15, -0.1) is 4.65 Å². The first-order valence-electron chi connectivity index (χ1n) is 23.5. The van der Waals surface area contributed by atoms with Crippen LogP contribution >= 0.6 is 0 Å². The predicted octanol–water partition coefficient (Wildman–Crippen LogP) is 4.63. The Morgan fingerprint density at radius 3 is 2.24 bits per heavy atom. The van der Waals surface area contributed by atoms with Crippen molar-refractivity contribution in [2.75, 3.05) is 66.0 Å². The fourth-order valence-electron chi connectivity index (χ4n) is 13.6. The number of aromatic amines is 1. The highest BCUT2D eigenvalue weighted by Crippen LogP contribution is 2.68. The molecule has 2 aromatic carbocycles. The number of aliphatic hydroxyl groups is 1. The molecule has 72 heavy (non-hydrogen) atoms. The number of halogens is 6. The smallest absolute Gasteiger partial charge is 0.497 e. The number of methoxy groups -OCH3 is 3. The van der Waals surface area contributed by atoms with Crippen molar-refractivity contribution in [2.24, 2.45) is 11.3 Å². The lowest BCUT2D eigenvalue weighted by Crippen LogP contribution is -2.81. The van der Waals surface area contributed by atoms with Crippen molar-refractivity contribution in [3.05, 3.63) is 82.6 Å². The molecule has 9 rings (SSSR count). The molecule has 6 aliphatic rings. The number of carboxylic acid groups (broad SMARTS) is 1. The Hall–Kier alpha value is -6.13. The number of carbonyl (C=O) groups excluding carboxylic acids is 5. The molecular weight excluding hydrogens is 963 g/mol. The van der Waals surface area contributed by atoms with Crippen LogP contribution in [-0.4, -0.2) is 147 Å². The molecule has 1 saturated heterocycles. The van der Waals surface area contributed by atoms with Crippen molar-refractivity contribution in [2.45, 2.75) is 99.8 Å².